The van der Waals surface area contributed by atoms with E-state index in [9.17, 15) is 4.79 Å². The van der Waals surface area contributed by atoms with Crippen molar-refractivity contribution >= 4 is 22.3 Å². The van der Waals surface area contributed by atoms with Gasteiger partial charge in [0.25, 0.3) is 0 Å². The van der Waals surface area contributed by atoms with Crippen LogP contribution in [-0.2, 0) is 4.79 Å². The van der Waals surface area contributed by atoms with E-state index < -0.39 is 11.3 Å². The van der Waals surface area contributed by atoms with Gasteiger partial charge in [-0.3, -0.25) is 9.78 Å². The van der Waals surface area contributed by atoms with Crippen molar-refractivity contribution in [3.8, 4) is 23.0 Å². The fourth-order valence-electron chi connectivity index (χ4n) is 2.92. The van der Waals surface area contributed by atoms with Gasteiger partial charge < -0.3 is 5.73 Å². The van der Waals surface area contributed by atoms with E-state index in [-0.39, 0.29) is 0 Å². The second-order valence-corrected chi connectivity index (χ2v) is 7.23. The predicted molar refractivity (Wildman–Crippen MR) is 108 cm³/mol. The predicted octanol–water partition coefficient (Wildman–Crippen LogP) is 3.12. The van der Waals surface area contributed by atoms with Crippen LogP contribution in [0.4, 0.5) is 0 Å². The Morgan fingerprint density at radius 2 is 2.04 bits per heavy atom. The van der Waals surface area contributed by atoms with Crippen LogP contribution >= 0.6 is 0 Å². The molecule has 0 bridgehead atoms. The maximum Gasteiger partial charge on any atom is 0.235 e. The summed E-state index contributed by atoms with van der Waals surface area (Å²) < 4.78 is 1.74. The quantitative estimate of drug-likeness (QED) is 0.550. The highest BCUT2D eigenvalue weighted by Gasteiger charge is 2.22. The third kappa shape index (κ3) is 3.08. The first kappa shape index (κ1) is 17.7. The maximum absolute atomic E-state index is 11.6. The number of primary amides is 1. The van der Waals surface area contributed by atoms with Gasteiger partial charge >= 0.3 is 0 Å². The molecule has 0 atom stereocenters. The number of nitrogens with zero attached hydrogens (tertiary/aromatic N) is 4. The minimum absolute atomic E-state index is 0.474. The Balaban J connectivity index is 1.89. The lowest BCUT2D eigenvalue weighted by Crippen LogP contribution is -2.29. The molecular weight excluding hydrogens is 350 g/mol. The summed E-state index contributed by atoms with van der Waals surface area (Å²) >= 11 is 0. The molecule has 3 aromatic heterocycles. The van der Waals surface area contributed by atoms with Gasteiger partial charge in [0, 0.05) is 29.0 Å². The molecule has 4 rings (SSSR count). The first-order valence-electron chi connectivity index (χ1n) is 8.88. The molecule has 0 spiro atoms. The third-order valence-electron chi connectivity index (χ3n) is 4.68. The monoisotopic (exact) mass is 369 g/mol. The second kappa shape index (κ2) is 6.46. The summed E-state index contributed by atoms with van der Waals surface area (Å²) in [5.41, 5.74) is 9.66. The van der Waals surface area contributed by atoms with Crippen LogP contribution in [0.25, 0.3) is 27.5 Å². The van der Waals surface area contributed by atoms with E-state index in [1.54, 1.807) is 37.0 Å². The van der Waals surface area contributed by atoms with Gasteiger partial charge in [-0.1, -0.05) is 18.1 Å². The SMILES string of the molecule is Cc1ccc2cc(-c3cnn4ccnc(C#CC(C)(C)C(N)=O)c34)ccc2n1. The summed E-state index contributed by atoms with van der Waals surface area (Å²) in [5, 5.41) is 5.48. The van der Waals surface area contributed by atoms with Gasteiger partial charge in [-0.25, -0.2) is 9.50 Å². The number of amides is 1. The first-order valence-corrected chi connectivity index (χ1v) is 8.88. The Morgan fingerprint density at radius 3 is 2.82 bits per heavy atom. The number of fused-ring (bicyclic) bond motifs is 2. The van der Waals surface area contributed by atoms with E-state index in [0.717, 1.165) is 33.2 Å². The van der Waals surface area contributed by atoms with Crippen LogP contribution in [0.5, 0.6) is 0 Å². The summed E-state index contributed by atoms with van der Waals surface area (Å²) in [4.78, 5) is 20.5. The molecule has 1 amide bonds. The summed E-state index contributed by atoms with van der Waals surface area (Å²) in [7, 11) is 0. The number of nitrogens with two attached hydrogens (primary N) is 1. The van der Waals surface area contributed by atoms with Crippen molar-refractivity contribution in [1.29, 1.82) is 0 Å². The zero-order chi connectivity index (χ0) is 19.9. The molecule has 28 heavy (non-hydrogen) atoms. The molecule has 4 aromatic rings. The summed E-state index contributed by atoms with van der Waals surface area (Å²) in [6.07, 6.45) is 5.21. The molecule has 6 nitrogen and oxygen atoms in total. The highest BCUT2D eigenvalue weighted by molar-refractivity contribution is 5.90. The van der Waals surface area contributed by atoms with E-state index in [2.05, 4.69) is 39.0 Å². The number of rotatable bonds is 2. The van der Waals surface area contributed by atoms with E-state index in [0.29, 0.717) is 5.69 Å². The van der Waals surface area contributed by atoms with Gasteiger partial charge in [-0.15, -0.1) is 0 Å². The Hall–Kier alpha value is -3.72. The molecule has 3 heterocycles. The third-order valence-corrected chi connectivity index (χ3v) is 4.68. The van der Waals surface area contributed by atoms with Crippen molar-refractivity contribution in [2.75, 3.05) is 0 Å². The average Bonchev–Trinajstić information content (AvgIpc) is 3.10. The fraction of sp³-hybridized carbons (Fsp3) is 0.182. The molecule has 0 aliphatic heterocycles. The number of benzene rings is 1. The number of carbonyl (C=O) groups is 1. The minimum Gasteiger partial charge on any atom is -0.368 e. The number of aromatic nitrogens is 4. The van der Waals surface area contributed by atoms with Gasteiger partial charge in [0.05, 0.1) is 11.7 Å². The Labute approximate surface area is 162 Å². The topological polar surface area (TPSA) is 86.2 Å². The Kier molecular flexibility index (Phi) is 4.08. The number of carbonyl (C=O) groups excluding carboxylic acids is 1. The van der Waals surface area contributed by atoms with Crippen molar-refractivity contribution in [3.63, 3.8) is 0 Å². The lowest BCUT2D eigenvalue weighted by Gasteiger charge is -2.11. The average molecular weight is 369 g/mol. The van der Waals surface area contributed by atoms with Crippen molar-refractivity contribution in [2.45, 2.75) is 20.8 Å². The van der Waals surface area contributed by atoms with Crippen LogP contribution in [-0.4, -0.2) is 25.5 Å². The van der Waals surface area contributed by atoms with Crippen LogP contribution in [0.1, 0.15) is 25.2 Å². The lowest BCUT2D eigenvalue weighted by molar-refractivity contribution is -0.123. The summed E-state index contributed by atoms with van der Waals surface area (Å²) in [6, 6.07) is 10.1. The van der Waals surface area contributed by atoms with Gasteiger partial charge in [0.15, 0.2) is 0 Å². The molecule has 0 aliphatic carbocycles. The Bertz CT molecular complexity index is 1290. The van der Waals surface area contributed by atoms with Crippen LogP contribution < -0.4 is 5.73 Å². The van der Waals surface area contributed by atoms with Crippen LogP contribution in [0, 0.1) is 24.2 Å². The van der Waals surface area contributed by atoms with Crippen molar-refractivity contribution in [3.05, 3.63) is 60.3 Å². The number of hydrogen-bond donors (Lipinski definition) is 1. The molecule has 6 heteroatoms. The normalized spacial score (nSPS) is 11.4. The molecular formula is C22H19N5O. The molecule has 0 unspecified atom stereocenters. The van der Waals surface area contributed by atoms with E-state index in [4.69, 9.17) is 5.73 Å². The zero-order valence-corrected chi connectivity index (χ0v) is 15.9. The fourth-order valence-corrected chi connectivity index (χ4v) is 2.92. The molecule has 1 aromatic carbocycles. The van der Waals surface area contributed by atoms with Crippen LogP contribution in [0.15, 0.2) is 48.9 Å². The van der Waals surface area contributed by atoms with Crippen molar-refractivity contribution in [2.24, 2.45) is 11.1 Å². The largest absolute Gasteiger partial charge is 0.368 e. The molecule has 138 valence electrons. The summed E-state index contributed by atoms with van der Waals surface area (Å²) in [5.74, 6) is 5.47. The smallest absolute Gasteiger partial charge is 0.235 e. The van der Waals surface area contributed by atoms with Gasteiger partial charge in [0.1, 0.15) is 16.6 Å². The molecule has 0 saturated heterocycles. The minimum atomic E-state index is -0.943. The summed E-state index contributed by atoms with van der Waals surface area (Å²) in [6.45, 7) is 5.36. The number of aryl methyl sites for hydroxylation is 1. The highest BCUT2D eigenvalue weighted by Crippen LogP contribution is 2.28. The Morgan fingerprint density at radius 1 is 1.21 bits per heavy atom. The van der Waals surface area contributed by atoms with E-state index >= 15 is 0 Å². The van der Waals surface area contributed by atoms with Crippen LogP contribution in [0.3, 0.4) is 0 Å². The molecule has 0 fully saturated rings. The standard InChI is InChI=1S/C22H19N5O/c1-14-4-5-16-12-15(6-7-18(16)26-14)17-13-25-27-11-10-24-19(20(17)27)8-9-22(2,3)21(23)28/h4-7,10-13H,1-3H3,(H2,23,28). The maximum atomic E-state index is 11.6. The molecule has 0 aliphatic rings. The molecule has 0 saturated carbocycles. The lowest BCUT2D eigenvalue weighted by atomic mass is 9.93. The van der Waals surface area contributed by atoms with Gasteiger partial charge in [-0.05, 0) is 50.5 Å². The second-order valence-electron chi connectivity index (χ2n) is 7.23. The number of hydrogen-bond acceptors (Lipinski definition) is 4. The number of pyridine rings is 1. The molecule has 0 radical (unpaired) electrons. The van der Waals surface area contributed by atoms with Crippen molar-refractivity contribution in [1.82, 2.24) is 19.6 Å². The molecule has 2 N–H and O–H groups in total. The highest BCUT2D eigenvalue weighted by atomic mass is 16.1. The van der Waals surface area contributed by atoms with E-state index in [1.165, 1.54) is 0 Å². The zero-order valence-electron chi connectivity index (χ0n) is 15.9. The van der Waals surface area contributed by atoms with Gasteiger partial charge in [0.2, 0.25) is 5.91 Å². The van der Waals surface area contributed by atoms with Crippen molar-refractivity contribution < 1.29 is 4.79 Å². The van der Waals surface area contributed by atoms with Crippen LogP contribution in [0.2, 0.25) is 0 Å². The van der Waals surface area contributed by atoms with E-state index in [1.807, 2.05) is 25.1 Å². The first-order chi connectivity index (χ1) is 13.3. The van der Waals surface area contributed by atoms with Gasteiger partial charge in [-0.2, -0.15) is 5.10 Å².